The average Bonchev–Trinajstić information content (AvgIpc) is 2.72. The van der Waals surface area contributed by atoms with Gasteiger partial charge in [0.05, 0.1) is 26.8 Å². The van der Waals surface area contributed by atoms with Crippen molar-refractivity contribution < 1.29 is 18.8 Å². The van der Waals surface area contributed by atoms with Crippen molar-refractivity contribution in [1.82, 2.24) is 4.57 Å². The van der Waals surface area contributed by atoms with Gasteiger partial charge in [0, 0.05) is 7.11 Å². The fourth-order valence-electron chi connectivity index (χ4n) is 1.66. The Kier molecular flexibility index (Phi) is 7.64. The van der Waals surface area contributed by atoms with Gasteiger partial charge in [-0.2, -0.15) is 0 Å². The summed E-state index contributed by atoms with van der Waals surface area (Å²) in [4.78, 5) is 0. The number of imidazole rings is 1. The second-order valence-corrected chi connectivity index (χ2v) is 4.24. The lowest BCUT2D eigenvalue weighted by molar-refractivity contribution is -0.681. The summed E-state index contributed by atoms with van der Waals surface area (Å²) in [7, 11) is 3.69. The molecule has 0 saturated carbocycles. The van der Waals surface area contributed by atoms with Crippen molar-refractivity contribution in [3.05, 3.63) is 18.2 Å². The molecule has 18 heavy (non-hydrogen) atoms. The Balaban J connectivity index is 2.29. The molecule has 5 heteroatoms. The number of unbranched alkanes of at least 4 members (excludes halogenated alkanes) is 1. The van der Waals surface area contributed by atoms with Crippen LogP contribution in [0.3, 0.4) is 0 Å². The SMILES string of the molecule is CCCCn1cc[n+](C)c1COCOCCOC. The van der Waals surface area contributed by atoms with Crippen LogP contribution >= 0.6 is 0 Å². The van der Waals surface area contributed by atoms with E-state index in [-0.39, 0.29) is 0 Å². The summed E-state index contributed by atoms with van der Waals surface area (Å²) in [6, 6.07) is 0. The van der Waals surface area contributed by atoms with Crippen molar-refractivity contribution in [2.24, 2.45) is 7.05 Å². The van der Waals surface area contributed by atoms with E-state index in [1.807, 2.05) is 7.05 Å². The van der Waals surface area contributed by atoms with Crippen LogP contribution in [0.2, 0.25) is 0 Å². The molecule has 0 aliphatic rings. The Bertz CT molecular complexity index is 326. The van der Waals surface area contributed by atoms with Crippen LogP contribution in [0.15, 0.2) is 12.4 Å². The number of aryl methyl sites for hydroxylation is 2. The third-order valence-corrected chi connectivity index (χ3v) is 2.79. The number of aromatic nitrogens is 2. The highest BCUT2D eigenvalue weighted by Gasteiger charge is 2.13. The van der Waals surface area contributed by atoms with Crippen molar-refractivity contribution in [3.63, 3.8) is 0 Å². The van der Waals surface area contributed by atoms with Crippen LogP contribution in [0.5, 0.6) is 0 Å². The first-order valence-electron chi connectivity index (χ1n) is 6.47. The monoisotopic (exact) mass is 257 g/mol. The van der Waals surface area contributed by atoms with E-state index in [4.69, 9.17) is 14.2 Å². The molecule has 1 heterocycles. The Morgan fingerprint density at radius 1 is 1.28 bits per heavy atom. The zero-order chi connectivity index (χ0) is 13.2. The average molecular weight is 257 g/mol. The molecule has 0 radical (unpaired) electrons. The maximum Gasteiger partial charge on any atom is 0.282 e. The van der Waals surface area contributed by atoms with Crippen LogP contribution in [0.1, 0.15) is 25.6 Å². The normalized spacial score (nSPS) is 11.1. The molecule has 104 valence electrons. The van der Waals surface area contributed by atoms with Gasteiger partial charge >= 0.3 is 0 Å². The van der Waals surface area contributed by atoms with E-state index in [2.05, 4.69) is 28.5 Å². The fourth-order valence-corrected chi connectivity index (χ4v) is 1.66. The predicted molar refractivity (Wildman–Crippen MR) is 68.0 cm³/mol. The number of rotatable bonds is 10. The molecule has 0 fully saturated rings. The van der Waals surface area contributed by atoms with Crippen molar-refractivity contribution >= 4 is 0 Å². The maximum atomic E-state index is 5.51. The maximum absolute atomic E-state index is 5.51. The van der Waals surface area contributed by atoms with E-state index in [0.29, 0.717) is 26.6 Å². The van der Waals surface area contributed by atoms with Crippen molar-refractivity contribution in [2.45, 2.75) is 32.9 Å². The largest absolute Gasteiger partial charge is 0.382 e. The number of ether oxygens (including phenoxy) is 3. The molecule has 0 amide bonds. The molecule has 5 nitrogen and oxygen atoms in total. The molecule has 0 N–H and O–H groups in total. The minimum Gasteiger partial charge on any atom is -0.382 e. The zero-order valence-corrected chi connectivity index (χ0v) is 11.7. The van der Waals surface area contributed by atoms with Gasteiger partial charge in [-0.15, -0.1) is 0 Å². The molecule has 0 aliphatic carbocycles. The number of nitrogens with zero attached hydrogens (tertiary/aromatic N) is 2. The first-order valence-corrected chi connectivity index (χ1v) is 6.47. The topological polar surface area (TPSA) is 36.5 Å². The molecule has 0 aromatic carbocycles. The van der Waals surface area contributed by atoms with Gasteiger partial charge in [-0.25, -0.2) is 9.13 Å². The van der Waals surface area contributed by atoms with Gasteiger partial charge in [-0.05, 0) is 6.42 Å². The van der Waals surface area contributed by atoms with E-state index < -0.39 is 0 Å². The van der Waals surface area contributed by atoms with Gasteiger partial charge in [0.1, 0.15) is 19.2 Å². The van der Waals surface area contributed by atoms with Crippen LogP contribution in [0, 0.1) is 0 Å². The van der Waals surface area contributed by atoms with Crippen LogP contribution in [-0.4, -0.2) is 31.7 Å². The van der Waals surface area contributed by atoms with Gasteiger partial charge in [0.15, 0.2) is 6.61 Å². The molecule has 0 saturated heterocycles. The number of hydrogen-bond donors (Lipinski definition) is 0. The summed E-state index contributed by atoms with van der Waals surface area (Å²) in [6.45, 7) is 5.29. The van der Waals surface area contributed by atoms with Crippen LogP contribution in [0.25, 0.3) is 0 Å². The lowest BCUT2D eigenvalue weighted by Crippen LogP contribution is -2.32. The summed E-state index contributed by atoms with van der Waals surface area (Å²) in [5.41, 5.74) is 0. The Labute approximate surface area is 109 Å². The highest BCUT2D eigenvalue weighted by atomic mass is 16.7. The molecule has 1 aromatic heterocycles. The summed E-state index contributed by atoms with van der Waals surface area (Å²) in [5.74, 6) is 1.17. The predicted octanol–water partition coefficient (Wildman–Crippen LogP) is 1.25. The van der Waals surface area contributed by atoms with E-state index in [0.717, 1.165) is 6.54 Å². The lowest BCUT2D eigenvalue weighted by atomic mass is 10.3. The lowest BCUT2D eigenvalue weighted by Gasteiger charge is -2.05. The third kappa shape index (κ3) is 5.16. The minimum atomic E-state index is 0.308. The number of methoxy groups -OCH3 is 1. The summed E-state index contributed by atoms with van der Waals surface area (Å²) in [5, 5.41) is 0. The quantitative estimate of drug-likeness (QED) is 0.359. The summed E-state index contributed by atoms with van der Waals surface area (Å²) >= 11 is 0. The first kappa shape index (κ1) is 15.1. The van der Waals surface area contributed by atoms with E-state index in [1.54, 1.807) is 7.11 Å². The Morgan fingerprint density at radius 2 is 2.11 bits per heavy atom. The zero-order valence-electron chi connectivity index (χ0n) is 11.7. The summed E-state index contributed by atoms with van der Waals surface area (Å²) < 4.78 is 20.0. The summed E-state index contributed by atoms with van der Waals surface area (Å²) in [6.07, 6.45) is 6.54. The van der Waals surface area contributed by atoms with Gasteiger partial charge in [-0.1, -0.05) is 13.3 Å². The number of hydrogen-bond acceptors (Lipinski definition) is 3. The van der Waals surface area contributed by atoms with Crippen LogP contribution < -0.4 is 4.57 Å². The van der Waals surface area contributed by atoms with E-state index in [9.17, 15) is 0 Å². The molecule has 0 aliphatic heterocycles. The molecule has 0 bridgehead atoms. The molecule has 0 spiro atoms. The van der Waals surface area contributed by atoms with Gasteiger partial charge in [0.2, 0.25) is 0 Å². The minimum absolute atomic E-state index is 0.308. The second kappa shape index (κ2) is 9.08. The highest BCUT2D eigenvalue weighted by Crippen LogP contribution is 2.01. The smallest absolute Gasteiger partial charge is 0.282 e. The molecule has 1 aromatic rings. The van der Waals surface area contributed by atoms with Gasteiger partial charge < -0.3 is 14.2 Å². The molecular weight excluding hydrogens is 232 g/mol. The molecule has 0 atom stereocenters. The van der Waals surface area contributed by atoms with E-state index in [1.165, 1.54) is 18.7 Å². The Hall–Kier alpha value is -0.910. The standard InChI is InChI=1S/C13H25N2O3/c1-4-5-6-15-8-7-14(2)13(15)11-18-12-17-10-9-16-3/h7-8H,4-6,9-12H2,1-3H3/q+1. The fraction of sp³-hybridized carbons (Fsp3) is 0.769. The van der Waals surface area contributed by atoms with Crippen LogP contribution in [0.4, 0.5) is 0 Å². The van der Waals surface area contributed by atoms with Gasteiger partial charge in [0.25, 0.3) is 5.82 Å². The van der Waals surface area contributed by atoms with Crippen molar-refractivity contribution in [2.75, 3.05) is 27.1 Å². The molecule has 0 unspecified atom stereocenters. The van der Waals surface area contributed by atoms with Crippen LogP contribution in [-0.2, 0) is 34.4 Å². The second-order valence-electron chi connectivity index (χ2n) is 4.24. The van der Waals surface area contributed by atoms with Gasteiger partial charge in [-0.3, -0.25) is 0 Å². The Morgan fingerprint density at radius 3 is 2.83 bits per heavy atom. The van der Waals surface area contributed by atoms with E-state index >= 15 is 0 Å². The molecular formula is C13H25N2O3+. The first-order chi connectivity index (χ1) is 8.79. The molecule has 1 rings (SSSR count). The third-order valence-electron chi connectivity index (χ3n) is 2.79. The van der Waals surface area contributed by atoms with Crippen molar-refractivity contribution in [1.29, 1.82) is 0 Å². The highest BCUT2D eigenvalue weighted by molar-refractivity contribution is 4.81. The van der Waals surface area contributed by atoms with Crippen molar-refractivity contribution in [3.8, 4) is 0 Å².